The van der Waals surface area contributed by atoms with Crippen LogP contribution in [0.25, 0.3) is 0 Å². The van der Waals surface area contributed by atoms with Gasteiger partial charge in [-0.2, -0.15) is 0 Å². The summed E-state index contributed by atoms with van der Waals surface area (Å²) in [6, 6.07) is 4.70. The first-order valence-corrected chi connectivity index (χ1v) is 14.8. The van der Waals surface area contributed by atoms with Crippen LogP contribution in [0.15, 0.2) is 24.5 Å². The first-order chi connectivity index (χ1) is 15.9. The summed E-state index contributed by atoms with van der Waals surface area (Å²) in [4.78, 5) is 0. The van der Waals surface area contributed by atoms with Crippen LogP contribution in [-0.4, -0.2) is 0 Å². The average Bonchev–Trinajstić information content (AvgIpc) is 2.82. The summed E-state index contributed by atoms with van der Waals surface area (Å²) in [7, 11) is 0. The van der Waals surface area contributed by atoms with E-state index in [1.54, 1.807) is 0 Å². The van der Waals surface area contributed by atoms with Crippen molar-refractivity contribution in [1.29, 1.82) is 0 Å². The Morgan fingerprint density at radius 2 is 0.781 bits per heavy atom. The van der Waals surface area contributed by atoms with Crippen molar-refractivity contribution in [3.63, 3.8) is 0 Å². The number of nitrogens with zero attached hydrogens (tertiary/aromatic N) is 1. The van der Waals surface area contributed by atoms with Crippen LogP contribution in [-0.2, 0) is 13.0 Å². The van der Waals surface area contributed by atoms with Gasteiger partial charge in [0, 0.05) is 18.6 Å². The zero-order valence-electron chi connectivity index (χ0n) is 22.2. The maximum atomic E-state index is 2.38. The number of unbranched alkanes of at least 4 members (excludes halogenated alkanes) is 20. The Hall–Kier alpha value is -0.850. The molecule has 0 aliphatic heterocycles. The van der Waals surface area contributed by atoms with Crippen LogP contribution in [0, 0.1) is 0 Å². The Morgan fingerprint density at radius 1 is 0.438 bits per heavy atom. The molecule has 0 fully saturated rings. The van der Waals surface area contributed by atoms with Crippen molar-refractivity contribution in [2.24, 2.45) is 0 Å². The number of hydrogen-bond donors (Lipinski definition) is 0. The molecule has 0 bridgehead atoms. The highest BCUT2D eigenvalue weighted by molar-refractivity contribution is 5.07. The molecule has 1 heteroatoms. The largest absolute Gasteiger partial charge is 0.205 e. The molecule has 0 spiro atoms. The predicted molar refractivity (Wildman–Crippen MR) is 143 cm³/mol. The van der Waals surface area contributed by atoms with Crippen molar-refractivity contribution in [1.82, 2.24) is 0 Å². The summed E-state index contributed by atoms with van der Waals surface area (Å²) in [5, 5.41) is 0. The van der Waals surface area contributed by atoms with Crippen molar-refractivity contribution in [2.75, 3.05) is 0 Å². The number of hydrogen-bond acceptors (Lipinski definition) is 0. The van der Waals surface area contributed by atoms with E-state index in [1.165, 1.54) is 160 Å². The van der Waals surface area contributed by atoms with Crippen LogP contribution in [0.2, 0.25) is 0 Å². The van der Waals surface area contributed by atoms with Crippen LogP contribution in [0.5, 0.6) is 0 Å². The van der Waals surface area contributed by atoms with Crippen molar-refractivity contribution in [3.8, 4) is 0 Å². The van der Waals surface area contributed by atoms with E-state index < -0.39 is 0 Å². The van der Waals surface area contributed by atoms with E-state index >= 15 is 0 Å². The van der Waals surface area contributed by atoms with Gasteiger partial charge in [0.2, 0.25) is 0 Å². The van der Waals surface area contributed by atoms with Crippen LogP contribution in [0.1, 0.15) is 161 Å². The number of aromatic nitrogens is 1. The molecule has 0 saturated carbocycles. The molecule has 1 rings (SSSR count). The predicted octanol–water partition coefficient (Wildman–Crippen LogP) is 10.1. The van der Waals surface area contributed by atoms with Gasteiger partial charge in [0.1, 0.15) is 6.54 Å². The average molecular weight is 445 g/mol. The number of aryl methyl sites for hydroxylation is 2. The summed E-state index contributed by atoms with van der Waals surface area (Å²) in [6.45, 7) is 5.78. The minimum absolute atomic E-state index is 1.19. The summed E-state index contributed by atoms with van der Waals surface area (Å²) in [6.07, 6.45) is 37.3. The fourth-order valence-electron chi connectivity index (χ4n) is 4.76. The highest BCUT2D eigenvalue weighted by Crippen LogP contribution is 2.14. The number of rotatable bonds is 24. The van der Waals surface area contributed by atoms with Crippen molar-refractivity contribution in [3.05, 3.63) is 30.1 Å². The fraction of sp³-hybridized carbons (Fsp3) is 0.839. The molecule has 1 heterocycles. The molecule has 0 unspecified atom stereocenters. The van der Waals surface area contributed by atoms with E-state index in [0.29, 0.717) is 0 Å². The van der Waals surface area contributed by atoms with Gasteiger partial charge in [-0.05, 0) is 24.8 Å². The fourth-order valence-corrected chi connectivity index (χ4v) is 4.76. The van der Waals surface area contributed by atoms with Gasteiger partial charge in [0.25, 0.3) is 0 Å². The monoisotopic (exact) mass is 444 g/mol. The van der Waals surface area contributed by atoms with Gasteiger partial charge in [0.15, 0.2) is 12.4 Å². The van der Waals surface area contributed by atoms with Crippen LogP contribution in [0.3, 0.4) is 0 Å². The van der Waals surface area contributed by atoms with Crippen molar-refractivity contribution >= 4 is 0 Å². The SMILES string of the molecule is CCCCCCCCCCCCCCCCCc1cc[n+](CCCCCCCCC)cc1. The standard InChI is InChI=1S/C31H58N/c1-3-5-7-9-11-12-13-14-15-16-17-18-19-21-23-25-31-26-29-32(30-27-31)28-24-22-20-10-8-6-4-2/h26-27,29-30H,3-25,28H2,1-2H3/q+1. The maximum Gasteiger partial charge on any atom is 0.169 e. The Bertz CT molecular complexity index is 478. The third kappa shape index (κ3) is 18.7. The topological polar surface area (TPSA) is 3.88 Å². The second kappa shape index (κ2) is 23.3. The summed E-state index contributed by atoms with van der Waals surface area (Å²) >= 11 is 0. The molecule has 1 aromatic heterocycles. The van der Waals surface area contributed by atoms with Gasteiger partial charge < -0.3 is 0 Å². The molecule has 0 radical (unpaired) electrons. The summed E-state index contributed by atoms with van der Waals surface area (Å²) < 4.78 is 2.38. The minimum atomic E-state index is 1.19. The van der Waals surface area contributed by atoms with Crippen LogP contribution < -0.4 is 4.57 Å². The van der Waals surface area contributed by atoms with Crippen molar-refractivity contribution in [2.45, 2.75) is 168 Å². The lowest BCUT2D eigenvalue weighted by atomic mass is 10.0. The van der Waals surface area contributed by atoms with Gasteiger partial charge in [-0.1, -0.05) is 136 Å². The van der Waals surface area contributed by atoms with E-state index in [1.807, 2.05) is 0 Å². The second-order valence-corrected chi connectivity index (χ2v) is 10.3. The van der Waals surface area contributed by atoms with Crippen LogP contribution in [0.4, 0.5) is 0 Å². The molecule has 0 aliphatic carbocycles. The molecule has 0 atom stereocenters. The summed E-state index contributed by atoms with van der Waals surface area (Å²) in [5.41, 5.74) is 1.52. The van der Waals surface area contributed by atoms with E-state index in [4.69, 9.17) is 0 Å². The Balaban J connectivity index is 1.86. The third-order valence-electron chi connectivity index (χ3n) is 7.05. The Labute approximate surface area is 202 Å². The molecule has 0 N–H and O–H groups in total. The molecule has 0 aliphatic rings. The molecule has 1 nitrogen and oxygen atoms in total. The highest BCUT2D eigenvalue weighted by Gasteiger charge is 2.02. The van der Waals surface area contributed by atoms with Crippen molar-refractivity contribution < 1.29 is 4.57 Å². The van der Waals surface area contributed by atoms with Gasteiger partial charge in [0.05, 0.1) is 0 Å². The molecule has 186 valence electrons. The van der Waals surface area contributed by atoms with Gasteiger partial charge >= 0.3 is 0 Å². The zero-order valence-corrected chi connectivity index (χ0v) is 22.2. The Kier molecular flexibility index (Phi) is 21.3. The lowest BCUT2D eigenvalue weighted by molar-refractivity contribution is -0.697. The summed E-state index contributed by atoms with van der Waals surface area (Å²) in [5.74, 6) is 0. The van der Waals surface area contributed by atoms with E-state index in [9.17, 15) is 0 Å². The quantitative estimate of drug-likeness (QED) is 0.110. The molecule has 0 amide bonds. The number of pyridine rings is 1. The highest BCUT2D eigenvalue weighted by atomic mass is 14.9. The molecule has 1 aromatic rings. The molecule has 0 saturated heterocycles. The molecule has 32 heavy (non-hydrogen) atoms. The molecular formula is C31H58N+. The second-order valence-electron chi connectivity index (χ2n) is 10.3. The lowest BCUT2D eigenvalue weighted by Gasteiger charge is -2.04. The van der Waals surface area contributed by atoms with E-state index in [0.717, 1.165) is 0 Å². The van der Waals surface area contributed by atoms with Gasteiger partial charge in [-0.25, -0.2) is 4.57 Å². The first kappa shape index (κ1) is 29.2. The molecule has 0 aromatic carbocycles. The normalized spacial score (nSPS) is 11.3. The smallest absolute Gasteiger partial charge is 0.169 e. The Morgan fingerprint density at radius 3 is 1.19 bits per heavy atom. The van der Waals surface area contributed by atoms with Gasteiger partial charge in [-0.3, -0.25) is 0 Å². The van der Waals surface area contributed by atoms with E-state index in [-0.39, 0.29) is 0 Å². The first-order valence-electron chi connectivity index (χ1n) is 14.8. The zero-order chi connectivity index (χ0) is 23.0. The third-order valence-corrected chi connectivity index (χ3v) is 7.05. The van der Waals surface area contributed by atoms with Crippen LogP contribution >= 0.6 is 0 Å². The minimum Gasteiger partial charge on any atom is -0.205 e. The van der Waals surface area contributed by atoms with Gasteiger partial charge in [-0.15, -0.1) is 0 Å². The molecular weight excluding hydrogens is 386 g/mol. The van der Waals surface area contributed by atoms with E-state index in [2.05, 4.69) is 42.9 Å². The maximum absolute atomic E-state index is 2.38. The lowest BCUT2D eigenvalue weighted by Crippen LogP contribution is -2.32.